The first-order chi connectivity index (χ1) is 9.24. The minimum Gasteiger partial charge on any atom is -0.481 e. The summed E-state index contributed by atoms with van der Waals surface area (Å²) in [4.78, 5) is 11.1. The zero-order valence-corrected chi connectivity index (χ0v) is 12.5. The van der Waals surface area contributed by atoms with Crippen LogP contribution in [0, 0.1) is 0 Å². The Bertz CT molecular complexity index is 337. The smallest absolute Gasteiger partial charge is 0.306 e. The Hall–Kier alpha value is -0.720. The molecule has 20 heavy (non-hydrogen) atoms. The van der Waals surface area contributed by atoms with Gasteiger partial charge in [0.05, 0.1) is 12.5 Å². The maximum atomic E-state index is 14.6. The molecule has 0 radical (unpaired) electrons. The van der Waals surface area contributed by atoms with Crippen molar-refractivity contribution in [1.29, 1.82) is 0 Å². The van der Waals surface area contributed by atoms with Gasteiger partial charge in [0.1, 0.15) is 11.8 Å². The van der Waals surface area contributed by atoms with Gasteiger partial charge in [-0.3, -0.25) is 4.79 Å². The third-order valence-corrected chi connectivity index (χ3v) is 3.52. The monoisotopic (exact) mass is 291 g/mol. The molecule has 118 valence electrons. The van der Waals surface area contributed by atoms with Gasteiger partial charge in [0.2, 0.25) is 0 Å². The Kier molecular flexibility index (Phi) is 5.91. The van der Waals surface area contributed by atoms with Crippen molar-refractivity contribution in [2.24, 2.45) is 5.73 Å². The van der Waals surface area contributed by atoms with E-state index in [-0.39, 0.29) is 25.4 Å². The number of hydrogen-bond donors (Lipinski definition) is 2. The number of halogens is 1. The van der Waals surface area contributed by atoms with Crippen LogP contribution in [0.2, 0.25) is 0 Å². The molecule has 1 rings (SSSR count). The quantitative estimate of drug-likeness (QED) is 0.751. The van der Waals surface area contributed by atoms with Gasteiger partial charge in [-0.05, 0) is 33.2 Å². The summed E-state index contributed by atoms with van der Waals surface area (Å²) < 4.78 is 26.0. The van der Waals surface area contributed by atoms with Gasteiger partial charge in [-0.1, -0.05) is 13.3 Å². The first-order valence-corrected chi connectivity index (χ1v) is 7.18. The van der Waals surface area contributed by atoms with Gasteiger partial charge in [-0.15, -0.1) is 0 Å². The fourth-order valence-electron chi connectivity index (χ4n) is 2.91. The fourth-order valence-corrected chi connectivity index (χ4v) is 2.91. The molecule has 1 heterocycles. The molecule has 0 aromatic heterocycles. The standard InChI is InChI=1S/C14H26FNO4/c1-4-5-11(15)14(9-12(17)18)8-10(6-7-16)19-13(2,3)20-14/h10-11H,4-9,16H2,1-3H3,(H,17,18)/t10-,11?,14-/m1/s1. The molecule has 0 amide bonds. The van der Waals surface area contributed by atoms with E-state index < -0.39 is 23.5 Å². The van der Waals surface area contributed by atoms with E-state index in [9.17, 15) is 9.18 Å². The number of hydrogen-bond acceptors (Lipinski definition) is 4. The van der Waals surface area contributed by atoms with Crippen LogP contribution in [0.5, 0.6) is 0 Å². The summed E-state index contributed by atoms with van der Waals surface area (Å²) in [6.07, 6.45) is -0.269. The predicted molar refractivity (Wildman–Crippen MR) is 73.1 cm³/mol. The van der Waals surface area contributed by atoms with Crippen LogP contribution in [0.25, 0.3) is 0 Å². The van der Waals surface area contributed by atoms with Gasteiger partial charge >= 0.3 is 5.97 Å². The molecule has 0 aromatic carbocycles. The highest BCUT2D eigenvalue weighted by atomic mass is 19.1. The number of ether oxygens (including phenoxy) is 2. The van der Waals surface area contributed by atoms with Crippen LogP contribution >= 0.6 is 0 Å². The molecular weight excluding hydrogens is 265 g/mol. The molecule has 5 nitrogen and oxygen atoms in total. The molecule has 1 unspecified atom stereocenters. The topological polar surface area (TPSA) is 81.8 Å². The second-order valence-electron chi connectivity index (χ2n) is 5.91. The second-order valence-corrected chi connectivity index (χ2v) is 5.91. The highest BCUT2D eigenvalue weighted by Crippen LogP contribution is 2.42. The van der Waals surface area contributed by atoms with Crippen molar-refractivity contribution in [1.82, 2.24) is 0 Å². The van der Waals surface area contributed by atoms with Crippen LogP contribution in [0.4, 0.5) is 4.39 Å². The molecule has 1 saturated heterocycles. The molecule has 0 spiro atoms. The zero-order valence-electron chi connectivity index (χ0n) is 12.5. The zero-order chi connectivity index (χ0) is 15.4. The third-order valence-electron chi connectivity index (χ3n) is 3.52. The lowest BCUT2D eigenvalue weighted by Crippen LogP contribution is -2.58. The van der Waals surface area contributed by atoms with Crippen LogP contribution in [0.3, 0.4) is 0 Å². The highest BCUT2D eigenvalue weighted by Gasteiger charge is 2.51. The number of carbonyl (C=O) groups is 1. The van der Waals surface area contributed by atoms with Crippen molar-refractivity contribution in [3.8, 4) is 0 Å². The molecule has 0 bridgehead atoms. The summed E-state index contributed by atoms with van der Waals surface area (Å²) in [5.74, 6) is -2.07. The maximum Gasteiger partial charge on any atom is 0.306 e. The maximum absolute atomic E-state index is 14.6. The SMILES string of the molecule is CCCC(F)[C@]1(CC(=O)O)C[C@@H](CCN)OC(C)(C)O1. The van der Waals surface area contributed by atoms with Gasteiger partial charge in [0, 0.05) is 6.42 Å². The molecule has 6 heteroatoms. The number of aliphatic carboxylic acids is 1. The molecular formula is C14H26FNO4. The lowest BCUT2D eigenvalue weighted by Gasteiger charge is -2.49. The van der Waals surface area contributed by atoms with Crippen LogP contribution in [-0.2, 0) is 14.3 Å². The van der Waals surface area contributed by atoms with Gasteiger partial charge < -0.3 is 20.3 Å². The minimum absolute atomic E-state index is 0.223. The summed E-state index contributed by atoms with van der Waals surface area (Å²) in [5.41, 5.74) is 4.21. The molecule has 3 N–H and O–H groups in total. The van der Waals surface area contributed by atoms with Crippen molar-refractivity contribution in [2.75, 3.05) is 6.54 Å². The van der Waals surface area contributed by atoms with Crippen molar-refractivity contribution in [3.63, 3.8) is 0 Å². The van der Waals surface area contributed by atoms with E-state index in [0.29, 0.717) is 19.4 Å². The first-order valence-electron chi connectivity index (χ1n) is 7.18. The Morgan fingerprint density at radius 1 is 1.55 bits per heavy atom. The summed E-state index contributed by atoms with van der Waals surface area (Å²) >= 11 is 0. The van der Waals surface area contributed by atoms with Crippen LogP contribution < -0.4 is 5.73 Å². The summed E-state index contributed by atoms with van der Waals surface area (Å²) in [5, 5.41) is 9.12. The van der Waals surface area contributed by atoms with Crippen LogP contribution in [0.1, 0.15) is 52.9 Å². The van der Waals surface area contributed by atoms with Crippen molar-refractivity contribution < 1.29 is 23.8 Å². The van der Waals surface area contributed by atoms with Crippen LogP contribution in [-0.4, -0.2) is 41.3 Å². The average molecular weight is 291 g/mol. The Morgan fingerprint density at radius 2 is 2.20 bits per heavy atom. The average Bonchev–Trinajstić information content (AvgIpc) is 2.26. The lowest BCUT2D eigenvalue weighted by molar-refractivity contribution is -0.346. The van der Waals surface area contributed by atoms with E-state index in [4.69, 9.17) is 20.3 Å². The Labute approximate surface area is 119 Å². The highest BCUT2D eigenvalue weighted by molar-refractivity contribution is 5.68. The summed E-state index contributed by atoms with van der Waals surface area (Å²) in [6, 6.07) is 0. The number of alkyl halides is 1. The summed E-state index contributed by atoms with van der Waals surface area (Å²) in [7, 11) is 0. The van der Waals surface area contributed by atoms with Crippen molar-refractivity contribution in [2.45, 2.75) is 76.5 Å². The molecule has 0 saturated carbocycles. The van der Waals surface area contributed by atoms with Crippen molar-refractivity contribution >= 4 is 5.97 Å². The molecule has 1 aliphatic heterocycles. The normalized spacial score (nSPS) is 30.9. The van der Waals surface area contributed by atoms with Gasteiger partial charge in [0.15, 0.2) is 5.79 Å². The molecule has 1 aliphatic rings. The summed E-state index contributed by atoms with van der Waals surface area (Å²) in [6.45, 7) is 5.65. The first kappa shape index (κ1) is 17.3. The van der Waals surface area contributed by atoms with Crippen LogP contribution in [0.15, 0.2) is 0 Å². The number of carboxylic acid groups (broad SMARTS) is 1. The number of rotatable bonds is 7. The van der Waals surface area contributed by atoms with Gasteiger partial charge in [-0.2, -0.15) is 0 Å². The second kappa shape index (κ2) is 6.83. The lowest BCUT2D eigenvalue weighted by atomic mass is 9.83. The molecule has 3 atom stereocenters. The molecule has 1 fully saturated rings. The number of nitrogens with two attached hydrogens (primary N) is 1. The van der Waals surface area contributed by atoms with Crippen molar-refractivity contribution in [3.05, 3.63) is 0 Å². The largest absolute Gasteiger partial charge is 0.481 e. The van der Waals surface area contributed by atoms with E-state index >= 15 is 0 Å². The van der Waals surface area contributed by atoms with E-state index in [2.05, 4.69) is 0 Å². The fraction of sp³-hybridized carbons (Fsp3) is 0.929. The Balaban J connectivity index is 3.02. The minimum atomic E-state index is -1.33. The Morgan fingerprint density at radius 3 is 2.70 bits per heavy atom. The van der Waals surface area contributed by atoms with E-state index in [0.717, 1.165) is 0 Å². The predicted octanol–water partition coefficient (Wildman–Crippen LogP) is 2.23. The van der Waals surface area contributed by atoms with E-state index in [1.165, 1.54) is 0 Å². The van der Waals surface area contributed by atoms with E-state index in [1.54, 1.807) is 13.8 Å². The van der Waals surface area contributed by atoms with Gasteiger partial charge in [0.25, 0.3) is 0 Å². The molecule has 0 aliphatic carbocycles. The third kappa shape index (κ3) is 4.40. The van der Waals surface area contributed by atoms with Gasteiger partial charge in [-0.25, -0.2) is 4.39 Å². The van der Waals surface area contributed by atoms with E-state index in [1.807, 2.05) is 6.92 Å². The molecule has 0 aromatic rings. The number of carboxylic acids is 1.